The third-order valence-electron chi connectivity index (χ3n) is 23.2. The molecule has 3 amide bonds. The molecule has 3 fully saturated rings. The Labute approximate surface area is 788 Å². The van der Waals surface area contributed by atoms with Crippen molar-refractivity contribution in [3.8, 4) is 69.0 Å². The Morgan fingerprint density at radius 3 is 0.926 bits per heavy atom. The molecule has 3 saturated heterocycles. The van der Waals surface area contributed by atoms with Crippen molar-refractivity contribution in [2.24, 2.45) is 0 Å². The number of piperazine rings is 3. The lowest BCUT2D eigenvalue weighted by atomic mass is 10.0. The summed E-state index contributed by atoms with van der Waals surface area (Å²) in [4.78, 5) is 117. The molecule has 0 bridgehead atoms. The van der Waals surface area contributed by atoms with E-state index in [2.05, 4.69) is 49.6 Å². The maximum Gasteiger partial charge on any atom is 0.276 e. The molecule has 0 aliphatic carbocycles. The second kappa shape index (κ2) is 39.2. The topological polar surface area (TPSA) is 363 Å². The number of hydrogen-bond donors (Lipinski definition) is 3. The standard InChI is InChI=1S/2C31H26Cl2F3N7O2.C31H26ClF4N7O2/c1-5-19(44)41-8-10-42(11-9-41)29-16-12-18(32)27(20-22(34)21(33)23(35)24(36)25(20)38)40-30(16)43(31(45)17(29)13-37)28-15(4)6-7-39-26(28)14(2)3;1-5-19(44)41-8-10-42(11-9-41)29-16-12-18(32)27(20-21(33)25(38)24(36)23(35)22(20)34)40-30(16)43(31(45)17(29)13-37)28-15(4)6-7-39-26(28)14(2)3;1-5-19(44)41-8-10-42(11-9-41)29-16-12-18(32)27(20-21(33)22(34)23(35)24(36)25(20)38)40-30(16)43(31(45)17(29)13-37)28-15(4)6-7-39-26(28)14(2)3/h3*5-7,12,14H,1,8-11,38H2,2-4H3. The Balaban J connectivity index is 0.000000171. The van der Waals surface area contributed by atoms with Crippen molar-refractivity contribution in [2.45, 2.75) is 80.1 Å². The van der Waals surface area contributed by atoms with Gasteiger partial charge in [-0.15, -0.1) is 0 Å². The number of rotatable bonds is 15. The number of carbonyl (C=O) groups is 3. The number of halogens is 15. The fourth-order valence-corrected chi connectivity index (χ4v) is 17.7. The molecular weight excluding hydrogens is 1870 g/mol. The van der Waals surface area contributed by atoms with Crippen LogP contribution >= 0.6 is 58.0 Å². The molecular formula is C93H78Cl5F10N21O6. The number of aromatic nitrogens is 9. The first-order valence-electron chi connectivity index (χ1n) is 41.3. The molecule has 3 aliphatic rings. The van der Waals surface area contributed by atoms with E-state index in [1.807, 2.05) is 59.8 Å². The third-order valence-corrected chi connectivity index (χ3v) is 24.8. The Morgan fingerprint density at radius 2 is 0.637 bits per heavy atom. The van der Waals surface area contributed by atoms with Crippen molar-refractivity contribution >= 4 is 143 Å². The third kappa shape index (κ3) is 17.3. The molecule has 0 unspecified atom stereocenters. The second-order valence-corrected chi connectivity index (χ2v) is 34.2. The lowest BCUT2D eigenvalue weighted by Gasteiger charge is -2.36. The number of benzene rings is 3. The minimum Gasteiger partial charge on any atom is -0.396 e. The van der Waals surface area contributed by atoms with Crippen molar-refractivity contribution in [3.05, 3.63) is 258 Å². The molecule has 12 aromatic rings. The summed E-state index contributed by atoms with van der Waals surface area (Å²) in [7, 11) is 0. The van der Waals surface area contributed by atoms with Gasteiger partial charge in [-0.3, -0.25) is 57.4 Å². The van der Waals surface area contributed by atoms with Crippen LogP contribution in [-0.4, -0.2) is 155 Å². The van der Waals surface area contributed by atoms with Crippen LogP contribution in [0.4, 0.5) is 78.0 Å². The molecule has 0 spiro atoms. The average molecular weight is 1950 g/mol. The number of hydrogen-bond acceptors (Lipinski definition) is 21. The number of anilines is 6. The Kier molecular flexibility index (Phi) is 28.5. The number of pyridine rings is 9. The summed E-state index contributed by atoms with van der Waals surface area (Å²) in [6.45, 7) is 29.9. The van der Waals surface area contributed by atoms with Gasteiger partial charge in [0.05, 0.1) is 122 Å². The van der Waals surface area contributed by atoms with Gasteiger partial charge in [-0.1, -0.05) is 119 Å². The SMILES string of the molecule is C=CC(=O)N1CCN(c2c(C#N)c(=O)n(-c3c(C)ccnc3C(C)C)c3nc(-c4c(F)c(F)c(F)c(N)c4Cl)c(Cl)cc23)CC1.C=CC(=O)N1CCN(c2c(C#N)c(=O)n(-c3c(C)ccnc3C(C)C)c3nc(-c4c(N)c(F)c(F)c(Cl)c4F)c(Cl)cc23)CC1.C=CC(=O)N1CCN(c2c(C#N)c(=O)n(-c3c(C)ccnc3C(C)C)c3nc(-c4c(N)c(F)c(F)c(F)c4F)c(Cl)cc23)CC1. The van der Waals surface area contributed by atoms with Gasteiger partial charge in [0.25, 0.3) is 16.7 Å². The van der Waals surface area contributed by atoms with Gasteiger partial charge >= 0.3 is 0 Å². The Hall–Kier alpha value is -14.2. The van der Waals surface area contributed by atoms with Crippen LogP contribution < -0.4 is 48.6 Å². The fraction of sp³-hybridized carbons (Fsp3) is 0.258. The van der Waals surface area contributed by atoms with Crippen molar-refractivity contribution in [1.82, 2.24) is 58.3 Å². The van der Waals surface area contributed by atoms with Gasteiger partial charge in [0.2, 0.25) is 17.7 Å². The highest BCUT2D eigenvalue weighted by molar-refractivity contribution is 6.38. The lowest BCUT2D eigenvalue weighted by Crippen LogP contribution is -2.49. The Morgan fingerprint density at radius 1 is 0.378 bits per heavy atom. The molecule has 3 aromatic carbocycles. The van der Waals surface area contributed by atoms with E-state index in [9.17, 15) is 75.3 Å². The first-order valence-corrected chi connectivity index (χ1v) is 43.2. The van der Waals surface area contributed by atoms with E-state index in [0.29, 0.717) is 45.1 Å². The van der Waals surface area contributed by atoms with E-state index in [-0.39, 0.29) is 202 Å². The van der Waals surface area contributed by atoms with Crippen molar-refractivity contribution in [2.75, 3.05) is 110 Å². The molecule has 27 nitrogen and oxygen atoms in total. The zero-order valence-corrected chi connectivity index (χ0v) is 76.9. The molecule has 42 heteroatoms. The molecule has 135 heavy (non-hydrogen) atoms. The van der Waals surface area contributed by atoms with Crippen LogP contribution in [0.2, 0.25) is 25.1 Å². The summed E-state index contributed by atoms with van der Waals surface area (Å²) in [5.41, 5.74) is 12.1. The quantitative estimate of drug-likeness (QED) is 0.0282. The number of aryl methyl sites for hydroxylation is 3. The van der Waals surface area contributed by atoms with E-state index < -0.39 is 136 Å². The van der Waals surface area contributed by atoms with E-state index in [1.54, 1.807) is 87.0 Å². The number of amides is 3. The predicted octanol–water partition coefficient (Wildman–Crippen LogP) is 17.2. The van der Waals surface area contributed by atoms with Crippen LogP contribution in [0, 0.1) is 113 Å². The molecule has 15 rings (SSSR count). The lowest BCUT2D eigenvalue weighted by molar-refractivity contribution is -0.127. The zero-order valence-electron chi connectivity index (χ0n) is 73.2. The van der Waals surface area contributed by atoms with Gasteiger partial charge < -0.3 is 46.6 Å². The largest absolute Gasteiger partial charge is 0.396 e. The molecule has 0 radical (unpaired) electrons. The van der Waals surface area contributed by atoms with Gasteiger partial charge in [0, 0.05) is 113 Å². The number of carbonyl (C=O) groups excluding carboxylic acids is 3. The zero-order chi connectivity index (χ0) is 98.7. The first kappa shape index (κ1) is 98.3. The van der Waals surface area contributed by atoms with E-state index in [1.165, 1.54) is 45.6 Å². The van der Waals surface area contributed by atoms with Crippen LogP contribution in [0.1, 0.15) is 110 Å². The monoisotopic (exact) mass is 1950 g/mol. The first-order chi connectivity index (χ1) is 64.0. The molecule has 0 saturated carbocycles. The van der Waals surface area contributed by atoms with Gasteiger partial charge in [0.15, 0.2) is 58.2 Å². The van der Waals surface area contributed by atoms with Crippen LogP contribution in [-0.2, 0) is 14.4 Å². The molecule has 6 N–H and O–H groups in total. The maximum absolute atomic E-state index is 15.4. The van der Waals surface area contributed by atoms with Crippen LogP contribution in [0.3, 0.4) is 0 Å². The van der Waals surface area contributed by atoms with Crippen LogP contribution in [0.5, 0.6) is 0 Å². The van der Waals surface area contributed by atoms with E-state index in [0.717, 1.165) is 4.57 Å². The molecule has 3 aliphatic heterocycles. The number of nitriles is 3. The number of fused-ring (bicyclic) bond motifs is 3. The van der Waals surface area contributed by atoms with Gasteiger partial charge in [0.1, 0.15) is 56.9 Å². The highest BCUT2D eigenvalue weighted by Gasteiger charge is 2.38. The van der Waals surface area contributed by atoms with Crippen molar-refractivity contribution < 1.29 is 58.3 Å². The summed E-state index contributed by atoms with van der Waals surface area (Å²) in [5.74, 6) is -19.2. The summed E-state index contributed by atoms with van der Waals surface area (Å²) in [6, 6.07) is 15.1. The van der Waals surface area contributed by atoms with Crippen LogP contribution in [0.25, 0.3) is 83.9 Å². The van der Waals surface area contributed by atoms with Crippen molar-refractivity contribution in [3.63, 3.8) is 0 Å². The molecule has 9 aromatic heterocycles. The number of nitrogens with zero attached hydrogens (tertiary/aromatic N) is 18. The van der Waals surface area contributed by atoms with Gasteiger partial charge in [-0.05, 0) is 110 Å². The minimum atomic E-state index is -2.12. The average Bonchev–Trinajstić information content (AvgIpc) is 0.728. The fourth-order valence-electron chi connectivity index (χ4n) is 16.6. The number of nitrogen functional groups attached to an aromatic ring is 3. The normalized spacial score (nSPS) is 13.4. The molecule has 0 atom stereocenters. The minimum absolute atomic E-state index is 0.0735. The van der Waals surface area contributed by atoms with Crippen molar-refractivity contribution in [1.29, 1.82) is 15.8 Å². The highest BCUT2D eigenvalue weighted by Crippen LogP contribution is 2.48. The smallest absolute Gasteiger partial charge is 0.276 e. The van der Waals surface area contributed by atoms with Crippen LogP contribution in [0.15, 0.2) is 107 Å². The Bertz CT molecular complexity index is 6650. The summed E-state index contributed by atoms with van der Waals surface area (Å²) in [6.07, 6.45) is 8.32. The van der Waals surface area contributed by atoms with E-state index in [4.69, 9.17) is 75.2 Å². The molecule has 12 heterocycles. The summed E-state index contributed by atoms with van der Waals surface area (Å²) >= 11 is 31.9. The summed E-state index contributed by atoms with van der Waals surface area (Å²) < 4.78 is 150. The summed E-state index contributed by atoms with van der Waals surface area (Å²) in [5, 5.41) is 29.0. The van der Waals surface area contributed by atoms with E-state index >= 15 is 13.2 Å². The second-order valence-electron chi connectivity index (χ2n) is 32.2. The van der Waals surface area contributed by atoms with Gasteiger partial charge in [-0.25, -0.2) is 58.9 Å². The molecule has 696 valence electrons. The maximum atomic E-state index is 15.4. The highest BCUT2D eigenvalue weighted by atomic mass is 35.5. The van der Waals surface area contributed by atoms with Gasteiger partial charge in [-0.2, -0.15) is 15.8 Å². The predicted molar refractivity (Wildman–Crippen MR) is 497 cm³/mol. The number of nitrogens with two attached hydrogens (primary N) is 3.